The molecule has 0 radical (unpaired) electrons. The van der Waals surface area contributed by atoms with Gasteiger partial charge >= 0.3 is 0 Å². The van der Waals surface area contributed by atoms with Crippen molar-refractivity contribution in [3.05, 3.63) is 18.2 Å². The van der Waals surface area contributed by atoms with Gasteiger partial charge in [0.1, 0.15) is 5.75 Å². The van der Waals surface area contributed by atoms with Crippen LogP contribution in [-0.2, 0) is 10.0 Å². The fourth-order valence-corrected chi connectivity index (χ4v) is 2.32. The van der Waals surface area contributed by atoms with Crippen molar-refractivity contribution in [1.29, 1.82) is 0 Å². The third-order valence-electron chi connectivity index (χ3n) is 2.91. The predicted molar refractivity (Wildman–Crippen MR) is 65.4 cm³/mol. The van der Waals surface area contributed by atoms with E-state index in [4.69, 9.17) is 10.5 Å². The SMILES string of the molecule is CNS(=O)(=O)c1ccc(N)c(OC2CCC2)c1. The molecule has 2 rings (SSSR count). The molecule has 0 aliphatic heterocycles. The van der Waals surface area contributed by atoms with E-state index in [2.05, 4.69) is 4.72 Å². The highest BCUT2D eigenvalue weighted by molar-refractivity contribution is 7.89. The fraction of sp³-hybridized carbons (Fsp3) is 0.455. The third-order valence-corrected chi connectivity index (χ3v) is 4.32. The lowest BCUT2D eigenvalue weighted by molar-refractivity contribution is 0.121. The third kappa shape index (κ3) is 2.53. The molecule has 1 saturated carbocycles. The molecule has 0 unspecified atom stereocenters. The van der Waals surface area contributed by atoms with Gasteiger partial charge in [-0.25, -0.2) is 13.1 Å². The smallest absolute Gasteiger partial charge is 0.240 e. The van der Waals surface area contributed by atoms with Gasteiger partial charge in [0, 0.05) is 6.07 Å². The van der Waals surface area contributed by atoms with Gasteiger partial charge in [0.2, 0.25) is 10.0 Å². The second-order valence-corrected chi connectivity index (χ2v) is 5.96. The zero-order valence-electron chi connectivity index (χ0n) is 9.64. The lowest BCUT2D eigenvalue weighted by Crippen LogP contribution is -2.25. The van der Waals surface area contributed by atoms with Crippen molar-refractivity contribution in [3.63, 3.8) is 0 Å². The number of nitrogen functional groups attached to an aromatic ring is 1. The molecule has 17 heavy (non-hydrogen) atoms. The number of hydrogen-bond acceptors (Lipinski definition) is 4. The van der Waals surface area contributed by atoms with Gasteiger partial charge in [0.15, 0.2) is 0 Å². The summed E-state index contributed by atoms with van der Waals surface area (Å²) in [6, 6.07) is 4.49. The molecular weight excluding hydrogens is 240 g/mol. The van der Waals surface area contributed by atoms with E-state index in [9.17, 15) is 8.42 Å². The molecule has 0 heterocycles. The van der Waals surface area contributed by atoms with Gasteiger partial charge in [-0.3, -0.25) is 0 Å². The van der Waals surface area contributed by atoms with Crippen LogP contribution >= 0.6 is 0 Å². The van der Waals surface area contributed by atoms with Crippen molar-refractivity contribution in [1.82, 2.24) is 4.72 Å². The number of nitrogens with one attached hydrogen (secondary N) is 1. The van der Waals surface area contributed by atoms with Crippen molar-refractivity contribution >= 4 is 15.7 Å². The standard InChI is InChI=1S/C11H16N2O3S/c1-13-17(14,15)9-5-6-10(12)11(7-9)16-8-3-2-4-8/h5-8,13H,2-4,12H2,1H3. The Bertz CT molecular complexity index is 509. The van der Waals surface area contributed by atoms with E-state index in [1.807, 2.05) is 0 Å². The van der Waals surface area contributed by atoms with Crippen LogP contribution in [0.4, 0.5) is 5.69 Å². The number of sulfonamides is 1. The zero-order chi connectivity index (χ0) is 12.5. The van der Waals surface area contributed by atoms with Crippen LogP contribution in [0.1, 0.15) is 19.3 Å². The van der Waals surface area contributed by atoms with Crippen LogP contribution in [0.2, 0.25) is 0 Å². The van der Waals surface area contributed by atoms with Gasteiger partial charge in [-0.15, -0.1) is 0 Å². The molecule has 94 valence electrons. The maximum atomic E-state index is 11.6. The summed E-state index contributed by atoms with van der Waals surface area (Å²) in [5.41, 5.74) is 6.23. The Balaban J connectivity index is 2.28. The molecule has 0 saturated heterocycles. The molecule has 1 aliphatic rings. The Morgan fingerprint density at radius 3 is 2.65 bits per heavy atom. The normalized spacial score (nSPS) is 16.5. The Hall–Kier alpha value is -1.27. The van der Waals surface area contributed by atoms with Gasteiger partial charge in [0.05, 0.1) is 16.7 Å². The number of anilines is 1. The summed E-state index contributed by atoms with van der Waals surface area (Å²) < 4.78 is 31.2. The van der Waals surface area contributed by atoms with E-state index >= 15 is 0 Å². The first-order chi connectivity index (χ1) is 8.03. The van der Waals surface area contributed by atoms with Crippen molar-refractivity contribution < 1.29 is 13.2 Å². The zero-order valence-corrected chi connectivity index (χ0v) is 10.5. The predicted octanol–water partition coefficient (Wildman–Crippen LogP) is 1.11. The molecular formula is C11H16N2O3S. The maximum absolute atomic E-state index is 11.6. The summed E-state index contributed by atoms with van der Waals surface area (Å²) in [5.74, 6) is 0.450. The molecule has 1 fully saturated rings. The van der Waals surface area contributed by atoms with E-state index in [0.717, 1.165) is 19.3 Å². The second kappa shape index (κ2) is 4.54. The Kier molecular flexibility index (Phi) is 3.26. The number of ether oxygens (including phenoxy) is 1. The second-order valence-electron chi connectivity index (χ2n) is 4.08. The van der Waals surface area contributed by atoms with E-state index in [-0.39, 0.29) is 11.0 Å². The minimum absolute atomic E-state index is 0.170. The summed E-state index contributed by atoms with van der Waals surface area (Å²) in [6.07, 6.45) is 3.33. The van der Waals surface area contributed by atoms with E-state index in [1.54, 1.807) is 6.07 Å². The van der Waals surface area contributed by atoms with Crippen molar-refractivity contribution in [3.8, 4) is 5.75 Å². The van der Waals surface area contributed by atoms with Gasteiger partial charge in [-0.1, -0.05) is 0 Å². The molecule has 0 atom stereocenters. The number of benzene rings is 1. The molecule has 0 bridgehead atoms. The van der Waals surface area contributed by atoms with Crippen LogP contribution in [0.25, 0.3) is 0 Å². The van der Waals surface area contributed by atoms with Crippen molar-refractivity contribution in [2.24, 2.45) is 0 Å². The first-order valence-electron chi connectivity index (χ1n) is 5.52. The first-order valence-corrected chi connectivity index (χ1v) is 7.01. The van der Waals surface area contributed by atoms with Crippen LogP contribution < -0.4 is 15.2 Å². The Labute approximate surface area is 101 Å². The number of rotatable bonds is 4. The molecule has 6 heteroatoms. The van der Waals surface area contributed by atoms with Crippen LogP contribution in [-0.4, -0.2) is 21.6 Å². The van der Waals surface area contributed by atoms with Gasteiger partial charge in [0.25, 0.3) is 0 Å². The summed E-state index contributed by atoms with van der Waals surface area (Å²) in [5, 5.41) is 0. The minimum atomic E-state index is -3.45. The molecule has 1 aromatic rings. The monoisotopic (exact) mass is 256 g/mol. The summed E-state index contributed by atoms with van der Waals surface area (Å²) in [6.45, 7) is 0. The van der Waals surface area contributed by atoms with Crippen LogP contribution in [0.3, 0.4) is 0 Å². The maximum Gasteiger partial charge on any atom is 0.240 e. The minimum Gasteiger partial charge on any atom is -0.488 e. The molecule has 1 aromatic carbocycles. The highest BCUT2D eigenvalue weighted by Gasteiger charge is 2.21. The lowest BCUT2D eigenvalue weighted by atomic mass is 9.96. The van der Waals surface area contributed by atoms with Crippen molar-refractivity contribution in [2.45, 2.75) is 30.3 Å². The number of nitrogens with two attached hydrogens (primary N) is 1. The summed E-state index contributed by atoms with van der Waals surface area (Å²) in [7, 11) is -2.07. The largest absolute Gasteiger partial charge is 0.488 e. The first kappa shape index (κ1) is 12.2. The molecule has 0 aromatic heterocycles. The molecule has 3 N–H and O–H groups in total. The van der Waals surface area contributed by atoms with Crippen molar-refractivity contribution in [2.75, 3.05) is 12.8 Å². The average Bonchev–Trinajstić information content (AvgIpc) is 2.25. The average molecular weight is 256 g/mol. The van der Waals surface area contributed by atoms with Crippen LogP contribution in [0.15, 0.2) is 23.1 Å². The fourth-order valence-electron chi connectivity index (χ4n) is 1.57. The van der Waals surface area contributed by atoms with Crippen LogP contribution in [0, 0.1) is 0 Å². The van der Waals surface area contributed by atoms with Gasteiger partial charge in [-0.05, 0) is 38.4 Å². The van der Waals surface area contributed by atoms with Gasteiger partial charge < -0.3 is 10.5 Å². The summed E-state index contributed by atoms with van der Waals surface area (Å²) >= 11 is 0. The molecule has 5 nitrogen and oxygen atoms in total. The van der Waals surface area contributed by atoms with E-state index < -0.39 is 10.0 Å². The quantitative estimate of drug-likeness (QED) is 0.791. The number of hydrogen-bond donors (Lipinski definition) is 2. The highest BCUT2D eigenvalue weighted by atomic mass is 32.2. The lowest BCUT2D eigenvalue weighted by Gasteiger charge is -2.27. The molecule has 1 aliphatic carbocycles. The molecule has 0 spiro atoms. The summed E-state index contributed by atoms with van der Waals surface area (Å²) in [4.78, 5) is 0.170. The highest BCUT2D eigenvalue weighted by Crippen LogP contribution is 2.30. The Morgan fingerprint density at radius 2 is 2.12 bits per heavy atom. The molecule has 0 amide bonds. The van der Waals surface area contributed by atoms with Gasteiger partial charge in [-0.2, -0.15) is 0 Å². The van der Waals surface area contributed by atoms with Crippen LogP contribution in [0.5, 0.6) is 5.75 Å². The van der Waals surface area contributed by atoms with E-state index in [0.29, 0.717) is 11.4 Å². The van der Waals surface area contributed by atoms with E-state index in [1.165, 1.54) is 19.2 Å². The Morgan fingerprint density at radius 1 is 1.41 bits per heavy atom. The topological polar surface area (TPSA) is 81.4 Å².